The van der Waals surface area contributed by atoms with Crippen LogP contribution in [0.3, 0.4) is 0 Å². The summed E-state index contributed by atoms with van der Waals surface area (Å²) in [6.07, 6.45) is 4.04. The Labute approximate surface area is 110 Å². The third-order valence-corrected chi connectivity index (χ3v) is 3.52. The fraction of sp³-hybridized carbons (Fsp3) is 0.600. The second-order valence-electron chi connectivity index (χ2n) is 5.08. The van der Waals surface area contributed by atoms with Gasteiger partial charge in [-0.15, -0.1) is 0 Å². The fourth-order valence-corrected chi connectivity index (χ4v) is 2.46. The van der Waals surface area contributed by atoms with Gasteiger partial charge in [0.2, 0.25) is 0 Å². The number of rotatable bonds is 5. The lowest BCUT2D eigenvalue weighted by Gasteiger charge is -2.26. The largest absolute Gasteiger partial charge is 0.492 e. The molecule has 1 atom stereocenters. The Morgan fingerprint density at radius 2 is 1.94 bits per heavy atom. The number of hydrogen-bond donors (Lipinski definition) is 1. The van der Waals surface area contributed by atoms with Crippen molar-refractivity contribution in [3.63, 3.8) is 0 Å². The van der Waals surface area contributed by atoms with Gasteiger partial charge in [-0.2, -0.15) is 0 Å². The third-order valence-electron chi connectivity index (χ3n) is 3.52. The van der Waals surface area contributed by atoms with Crippen LogP contribution in [0, 0.1) is 0 Å². The van der Waals surface area contributed by atoms with Crippen molar-refractivity contribution in [1.29, 1.82) is 0 Å². The van der Waals surface area contributed by atoms with E-state index in [9.17, 15) is 0 Å². The van der Waals surface area contributed by atoms with Crippen molar-refractivity contribution >= 4 is 0 Å². The molecule has 0 unspecified atom stereocenters. The van der Waals surface area contributed by atoms with E-state index >= 15 is 0 Å². The Hall–Kier alpha value is -1.06. The molecule has 2 rings (SSSR count). The number of benzene rings is 1. The molecule has 1 aliphatic heterocycles. The van der Waals surface area contributed by atoms with E-state index in [-0.39, 0.29) is 6.04 Å². The van der Waals surface area contributed by atoms with E-state index in [0.29, 0.717) is 0 Å². The van der Waals surface area contributed by atoms with E-state index in [2.05, 4.69) is 4.90 Å². The van der Waals surface area contributed by atoms with Crippen molar-refractivity contribution in [2.75, 3.05) is 26.2 Å². The fourth-order valence-electron chi connectivity index (χ4n) is 2.46. The quantitative estimate of drug-likeness (QED) is 0.870. The summed E-state index contributed by atoms with van der Waals surface area (Å²) in [7, 11) is 0. The van der Waals surface area contributed by atoms with Gasteiger partial charge >= 0.3 is 0 Å². The van der Waals surface area contributed by atoms with Crippen LogP contribution < -0.4 is 10.5 Å². The summed E-state index contributed by atoms with van der Waals surface area (Å²) in [5, 5.41) is 0. The highest BCUT2D eigenvalue weighted by molar-refractivity contribution is 5.35. The van der Waals surface area contributed by atoms with Crippen LogP contribution in [0.5, 0.6) is 5.75 Å². The van der Waals surface area contributed by atoms with Gasteiger partial charge < -0.3 is 10.5 Å². The van der Waals surface area contributed by atoms with Crippen LogP contribution in [0.15, 0.2) is 24.3 Å². The molecule has 1 heterocycles. The van der Waals surface area contributed by atoms with Crippen LogP contribution in [0.25, 0.3) is 0 Å². The molecule has 0 aromatic heterocycles. The molecule has 1 aliphatic rings. The van der Waals surface area contributed by atoms with Gasteiger partial charge in [0.05, 0.1) is 0 Å². The molecule has 1 aromatic carbocycles. The molecular formula is C15H24N2O. The Morgan fingerprint density at radius 1 is 1.22 bits per heavy atom. The van der Waals surface area contributed by atoms with Crippen LogP contribution >= 0.6 is 0 Å². The number of likely N-dealkylation sites (tertiary alicyclic amines) is 1. The summed E-state index contributed by atoms with van der Waals surface area (Å²) in [6.45, 7) is 6.21. The maximum atomic E-state index is 5.94. The normalized spacial score (nSPS) is 18.6. The van der Waals surface area contributed by atoms with Gasteiger partial charge in [0.1, 0.15) is 12.4 Å². The van der Waals surface area contributed by atoms with Crippen LogP contribution in [0.1, 0.15) is 37.8 Å². The van der Waals surface area contributed by atoms with E-state index in [4.69, 9.17) is 10.5 Å². The number of ether oxygens (including phenoxy) is 1. The van der Waals surface area contributed by atoms with Gasteiger partial charge in [-0.05, 0) is 38.9 Å². The predicted octanol–water partition coefficient (Wildman–Crippen LogP) is 2.57. The minimum atomic E-state index is 0.0242. The van der Waals surface area contributed by atoms with Crippen LogP contribution in [-0.4, -0.2) is 31.1 Å². The zero-order valence-corrected chi connectivity index (χ0v) is 11.3. The van der Waals surface area contributed by atoms with Gasteiger partial charge in [0.15, 0.2) is 0 Å². The molecule has 18 heavy (non-hydrogen) atoms. The highest BCUT2D eigenvalue weighted by Crippen LogP contribution is 2.23. The molecule has 3 heteroatoms. The molecule has 100 valence electrons. The minimum absolute atomic E-state index is 0.0242. The first-order valence-electron chi connectivity index (χ1n) is 6.97. The Balaban J connectivity index is 1.82. The number of piperidine rings is 1. The van der Waals surface area contributed by atoms with Crippen molar-refractivity contribution in [2.24, 2.45) is 5.73 Å². The first-order chi connectivity index (χ1) is 8.77. The predicted molar refractivity (Wildman–Crippen MR) is 74.8 cm³/mol. The molecule has 0 spiro atoms. The zero-order valence-electron chi connectivity index (χ0n) is 11.3. The SMILES string of the molecule is C[C@@H](N)c1ccccc1OCCN1CCCCC1. The van der Waals surface area contributed by atoms with E-state index in [1.54, 1.807) is 0 Å². The summed E-state index contributed by atoms with van der Waals surface area (Å²) in [4.78, 5) is 2.48. The summed E-state index contributed by atoms with van der Waals surface area (Å²) < 4.78 is 5.88. The van der Waals surface area contributed by atoms with Crippen molar-refractivity contribution in [3.8, 4) is 5.75 Å². The molecular weight excluding hydrogens is 224 g/mol. The second-order valence-corrected chi connectivity index (χ2v) is 5.08. The highest BCUT2D eigenvalue weighted by Gasteiger charge is 2.11. The van der Waals surface area contributed by atoms with Crippen LogP contribution in [-0.2, 0) is 0 Å². The minimum Gasteiger partial charge on any atom is -0.492 e. The van der Waals surface area contributed by atoms with Gasteiger partial charge in [0, 0.05) is 18.2 Å². The Bertz CT molecular complexity index is 359. The molecule has 2 N–H and O–H groups in total. The Morgan fingerprint density at radius 3 is 2.67 bits per heavy atom. The lowest BCUT2D eigenvalue weighted by molar-refractivity contribution is 0.182. The number of hydrogen-bond acceptors (Lipinski definition) is 3. The van der Waals surface area contributed by atoms with E-state index < -0.39 is 0 Å². The maximum absolute atomic E-state index is 5.94. The van der Waals surface area contributed by atoms with Crippen LogP contribution in [0.4, 0.5) is 0 Å². The van der Waals surface area contributed by atoms with Gasteiger partial charge in [-0.1, -0.05) is 24.6 Å². The first-order valence-corrected chi connectivity index (χ1v) is 6.97. The molecule has 1 fully saturated rings. The summed E-state index contributed by atoms with van der Waals surface area (Å²) in [5.41, 5.74) is 7.03. The van der Waals surface area contributed by atoms with E-state index in [1.807, 2.05) is 31.2 Å². The highest BCUT2D eigenvalue weighted by atomic mass is 16.5. The Kier molecular flexibility index (Phi) is 5.02. The summed E-state index contributed by atoms with van der Waals surface area (Å²) in [5.74, 6) is 0.935. The smallest absolute Gasteiger partial charge is 0.124 e. The second kappa shape index (κ2) is 6.76. The number of nitrogens with zero attached hydrogens (tertiary/aromatic N) is 1. The van der Waals surface area contributed by atoms with E-state index in [0.717, 1.165) is 24.5 Å². The molecule has 3 nitrogen and oxygen atoms in total. The lowest BCUT2D eigenvalue weighted by atomic mass is 10.1. The van der Waals surface area contributed by atoms with Crippen molar-refractivity contribution in [2.45, 2.75) is 32.2 Å². The number of nitrogens with two attached hydrogens (primary N) is 1. The van der Waals surface area contributed by atoms with Crippen molar-refractivity contribution in [3.05, 3.63) is 29.8 Å². The average Bonchev–Trinajstić information content (AvgIpc) is 2.40. The topological polar surface area (TPSA) is 38.5 Å². The molecule has 0 aliphatic carbocycles. The third kappa shape index (κ3) is 3.72. The molecule has 1 aromatic rings. The van der Waals surface area contributed by atoms with Crippen molar-refractivity contribution < 1.29 is 4.74 Å². The standard InChI is InChI=1S/C15H24N2O/c1-13(16)14-7-3-4-8-15(14)18-12-11-17-9-5-2-6-10-17/h3-4,7-8,13H,2,5-6,9-12,16H2,1H3/t13-/m1/s1. The van der Waals surface area contributed by atoms with E-state index in [1.165, 1.54) is 32.4 Å². The van der Waals surface area contributed by atoms with Gasteiger partial charge in [-0.25, -0.2) is 0 Å². The zero-order chi connectivity index (χ0) is 12.8. The molecule has 0 saturated carbocycles. The molecule has 1 saturated heterocycles. The molecule has 0 bridgehead atoms. The summed E-state index contributed by atoms with van der Waals surface area (Å²) in [6, 6.07) is 8.09. The van der Waals surface area contributed by atoms with Crippen LogP contribution in [0.2, 0.25) is 0 Å². The van der Waals surface area contributed by atoms with Crippen molar-refractivity contribution in [1.82, 2.24) is 4.90 Å². The first kappa shape index (κ1) is 13.4. The lowest BCUT2D eigenvalue weighted by Crippen LogP contribution is -2.33. The molecule has 0 amide bonds. The molecule has 0 radical (unpaired) electrons. The van der Waals surface area contributed by atoms with Gasteiger partial charge in [0.25, 0.3) is 0 Å². The monoisotopic (exact) mass is 248 g/mol. The average molecular weight is 248 g/mol. The maximum Gasteiger partial charge on any atom is 0.124 e. The van der Waals surface area contributed by atoms with Gasteiger partial charge in [-0.3, -0.25) is 4.90 Å². The summed E-state index contributed by atoms with van der Waals surface area (Å²) >= 11 is 0. The number of para-hydroxylation sites is 1.